The number of rotatable bonds is 5. The maximum Gasteiger partial charge on any atom is 0.128 e. The summed E-state index contributed by atoms with van der Waals surface area (Å²) in [5, 5.41) is 3.27. The van der Waals surface area contributed by atoms with Gasteiger partial charge in [-0.25, -0.2) is 0 Å². The summed E-state index contributed by atoms with van der Waals surface area (Å²) < 4.78 is 5.77. The van der Waals surface area contributed by atoms with Crippen molar-refractivity contribution in [1.29, 1.82) is 0 Å². The van der Waals surface area contributed by atoms with Gasteiger partial charge in [0.05, 0.1) is 13.2 Å². The van der Waals surface area contributed by atoms with Crippen LogP contribution in [0.3, 0.4) is 0 Å². The highest BCUT2D eigenvalue weighted by atomic mass is 16.5. The number of hydrogen-bond acceptors (Lipinski definition) is 3. The number of hydrogen-bond donors (Lipinski definition) is 1. The number of ether oxygens (including phenoxy) is 1. The molecule has 2 aromatic rings. The summed E-state index contributed by atoms with van der Waals surface area (Å²) in [5.41, 5.74) is 2.42. The molecule has 0 saturated carbocycles. The highest BCUT2D eigenvalue weighted by molar-refractivity contribution is 5.99. The molecular weight excluding hydrogens is 248 g/mol. The number of aliphatic imine (C=N–C) groups is 1. The Balaban J connectivity index is 1.53. The first-order valence-electron chi connectivity index (χ1n) is 6.97. The third-order valence-corrected chi connectivity index (χ3v) is 3.30. The Kier molecular flexibility index (Phi) is 3.97. The van der Waals surface area contributed by atoms with E-state index >= 15 is 0 Å². The second-order valence-electron chi connectivity index (χ2n) is 4.77. The standard InChI is InChI=1S/C17H18N2O/c1-2-4-14(5-3-1)10-13-20-16-8-6-15(7-9-16)17-18-11-12-19-17/h1-9H,10-13H2,(H,18,19). The average molecular weight is 266 g/mol. The van der Waals surface area contributed by atoms with Crippen LogP contribution in [0.4, 0.5) is 0 Å². The topological polar surface area (TPSA) is 33.6 Å². The Hall–Kier alpha value is -2.29. The summed E-state index contributed by atoms with van der Waals surface area (Å²) in [6, 6.07) is 18.5. The summed E-state index contributed by atoms with van der Waals surface area (Å²) in [4.78, 5) is 4.40. The zero-order valence-corrected chi connectivity index (χ0v) is 11.4. The lowest BCUT2D eigenvalue weighted by atomic mass is 10.2. The quantitative estimate of drug-likeness (QED) is 0.902. The van der Waals surface area contributed by atoms with Crippen molar-refractivity contribution in [1.82, 2.24) is 5.32 Å². The Bertz CT molecular complexity index is 576. The number of nitrogens with one attached hydrogen (secondary N) is 1. The van der Waals surface area contributed by atoms with Gasteiger partial charge < -0.3 is 10.1 Å². The molecule has 0 saturated heterocycles. The highest BCUT2D eigenvalue weighted by Crippen LogP contribution is 2.13. The van der Waals surface area contributed by atoms with Gasteiger partial charge in [0, 0.05) is 18.5 Å². The fourth-order valence-electron chi connectivity index (χ4n) is 2.23. The summed E-state index contributed by atoms with van der Waals surface area (Å²) in [5.74, 6) is 1.89. The van der Waals surface area contributed by atoms with Crippen molar-refractivity contribution in [2.45, 2.75) is 6.42 Å². The maximum atomic E-state index is 5.77. The zero-order chi connectivity index (χ0) is 13.6. The molecule has 102 valence electrons. The van der Waals surface area contributed by atoms with Gasteiger partial charge >= 0.3 is 0 Å². The predicted octanol–water partition coefficient (Wildman–Crippen LogP) is 2.66. The molecule has 0 bridgehead atoms. The van der Waals surface area contributed by atoms with E-state index in [0.29, 0.717) is 6.61 Å². The molecule has 1 aliphatic heterocycles. The van der Waals surface area contributed by atoms with E-state index < -0.39 is 0 Å². The first kappa shape index (κ1) is 12.7. The summed E-state index contributed by atoms with van der Waals surface area (Å²) >= 11 is 0. The van der Waals surface area contributed by atoms with Gasteiger partial charge in [-0.15, -0.1) is 0 Å². The van der Waals surface area contributed by atoms with Crippen LogP contribution >= 0.6 is 0 Å². The third kappa shape index (κ3) is 3.18. The lowest BCUT2D eigenvalue weighted by molar-refractivity contribution is 0.322. The van der Waals surface area contributed by atoms with Gasteiger partial charge in [0.2, 0.25) is 0 Å². The van der Waals surface area contributed by atoms with Gasteiger partial charge in [0.1, 0.15) is 11.6 Å². The first-order chi connectivity index (χ1) is 9.92. The van der Waals surface area contributed by atoms with Crippen LogP contribution in [0.2, 0.25) is 0 Å². The van der Waals surface area contributed by atoms with Gasteiger partial charge in [-0.3, -0.25) is 4.99 Å². The highest BCUT2D eigenvalue weighted by Gasteiger charge is 2.07. The lowest BCUT2D eigenvalue weighted by Gasteiger charge is -2.07. The summed E-state index contributed by atoms with van der Waals surface area (Å²) in [6.45, 7) is 2.50. The Morgan fingerprint density at radius 3 is 2.50 bits per heavy atom. The van der Waals surface area contributed by atoms with Crippen molar-refractivity contribution in [3.63, 3.8) is 0 Å². The normalized spacial score (nSPS) is 13.7. The molecule has 0 spiro atoms. The van der Waals surface area contributed by atoms with Gasteiger partial charge in [-0.2, -0.15) is 0 Å². The van der Waals surface area contributed by atoms with E-state index in [9.17, 15) is 0 Å². The maximum absolute atomic E-state index is 5.77. The van der Waals surface area contributed by atoms with Crippen LogP contribution < -0.4 is 10.1 Å². The third-order valence-electron chi connectivity index (χ3n) is 3.30. The molecular formula is C17H18N2O. The van der Waals surface area contributed by atoms with Crippen molar-refractivity contribution < 1.29 is 4.74 Å². The van der Waals surface area contributed by atoms with Crippen LogP contribution in [-0.2, 0) is 6.42 Å². The average Bonchev–Trinajstić information content (AvgIpc) is 3.03. The van der Waals surface area contributed by atoms with Gasteiger partial charge in [-0.05, 0) is 29.8 Å². The number of nitrogens with zero attached hydrogens (tertiary/aromatic N) is 1. The lowest BCUT2D eigenvalue weighted by Crippen LogP contribution is -2.19. The number of amidine groups is 1. The SMILES string of the molecule is c1ccc(CCOc2ccc(C3=NCCN3)cc2)cc1. The molecule has 0 atom stereocenters. The summed E-state index contributed by atoms with van der Waals surface area (Å²) in [7, 11) is 0. The molecule has 0 amide bonds. The molecule has 2 aromatic carbocycles. The van der Waals surface area contributed by atoms with E-state index in [4.69, 9.17) is 4.74 Å². The second kappa shape index (κ2) is 6.24. The van der Waals surface area contributed by atoms with E-state index in [1.54, 1.807) is 0 Å². The van der Waals surface area contributed by atoms with Gasteiger partial charge in [0.15, 0.2) is 0 Å². The van der Waals surface area contributed by atoms with Gasteiger partial charge in [0.25, 0.3) is 0 Å². The second-order valence-corrected chi connectivity index (χ2v) is 4.77. The fourth-order valence-corrected chi connectivity index (χ4v) is 2.23. The monoisotopic (exact) mass is 266 g/mol. The molecule has 1 aliphatic rings. The van der Waals surface area contributed by atoms with Crippen molar-refractivity contribution in [2.75, 3.05) is 19.7 Å². The molecule has 0 aliphatic carbocycles. The fraction of sp³-hybridized carbons (Fsp3) is 0.235. The van der Waals surface area contributed by atoms with Crippen LogP contribution in [0.25, 0.3) is 0 Å². The first-order valence-corrected chi connectivity index (χ1v) is 6.97. The molecule has 3 rings (SSSR count). The predicted molar refractivity (Wildman–Crippen MR) is 81.5 cm³/mol. The van der Waals surface area contributed by atoms with E-state index in [1.807, 2.05) is 18.2 Å². The molecule has 0 fully saturated rings. The van der Waals surface area contributed by atoms with Crippen LogP contribution in [0.1, 0.15) is 11.1 Å². The van der Waals surface area contributed by atoms with E-state index in [-0.39, 0.29) is 0 Å². The van der Waals surface area contributed by atoms with Crippen molar-refractivity contribution in [2.24, 2.45) is 4.99 Å². The molecule has 0 radical (unpaired) electrons. The Morgan fingerprint density at radius 2 is 1.80 bits per heavy atom. The minimum Gasteiger partial charge on any atom is -0.493 e. The molecule has 1 heterocycles. The molecule has 0 aromatic heterocycles. The van der Waals surface area contributed by atoms with E-state index in [2.05, 4.69) is 46.7 Å². The van der Waals surface area contributed by atoms with Gasteiger partial charge in [-0.1, -0.05) is 30.3 Å². The van der Waals surface area contributed by atoms with Crippen molar-refractivity contribution in [3.05, 3.63) is 65.7 Å². The number of benzene rings is 2. The van der Waals surface area contributed by atoms with Crippen molar-refractivity contribution in [3.8, 4) is 5.75 Å². The largest absolute Gasteiger partial charge is 0.493 e. The van der Waals surface area contributed by atoms with Crippen LogP contribution in [0.15, 0.2) is 59.6 Å². The molecule has 20 heavy (non-hydrogen) atoms. The van der Waals surface area contributed by atoms with Crippen LogP contribution in [0, 0.1) is 0 Å². The van der Waals surface area contributed by atoms with E-state index in [1.165, 1.54) is 5.56 Å². The zero-order valence-electron chi connectivity index (χ0n) is 11.4. The molecule has 1 N–H and O–H groups in total. The van der Waals surface area contributed by atoms with Crippen LogP contribution in [0.5, 0.6) is 5.75 Å². The minimum atomic E-state index is 0.697. The summed E-state index contributed by atoms with van der Waals surface area (Å²) in [6.07, 6.45) is 0.927. The Labute approximate surface area is 119 Å². The van der Waals surface area contributed by atoms with E-state index in [0.717, 1.165) is 36.7 Å². The smallest absolute Gasteiger partial charge is 0.128 e. The minimum absolute atomic E-state index is 0.697. The molecule has 3 nitrogen and oxygen atoms in total. The molecule has 3 heteroatoms. The van der Waals surface area contributed by atoms with Crippen LogP contribution in [-0.4, -0.2) is 25.5 Å². The Morgan fingerprint density at radius 1 is 1.00 bits per heavy atom. The van der Waals surface area contributed by atoms with Crippen molar-refractivity contribution >= 4 is 5.84 Å². The molecule has 0 unspecified atom stereocenters.